The molecule has 0 atom stereocenters. The molecular formula is C11H15Cl2N3O2S. The Hall–Kier alpha value is -1.08. The van der Waals surface area contributed by atoms with Crippen molar-refractivity contribution < 1.29 is 9.21 Å². The van der Waals surface area contributed by atoms with E-state index in [1.165, 1.54) is 11.3 Å². The maximum absolute atomic E-state index is 11.8. The van der Waals surface area contributed by atoms with E-state index in [9.17, 15) is 4.79 Å². The van der Waals surface area contributed by atoms with Crippen LogP contribution in [0.4, 0.5) is 0 Å². The second-order valence-electron chi connectivity index (χ2n) is 3.45. The zero-order valence-electron chi connectivity index (χ0n) is 10.2. The third kappa shape index (κ3) is 4.21. The van der Waals surface area contributed by atoms with E-state index in [4.69, 9.17) is 10.2 Å². The standard InChI is InChI=1S/C11H13N3O2S.2ClH/c1-7-9(10(15)13-5-4-12)14-11(17-7)8-3-2-6-16-8;;/h2-3,6H,4-5,12H2,1H3,(H,13,15);2*1H. The average molecular weight is 324 g/mol. The van der Waals surface area contributed by atoms with Crippen LogP contribution in [0.15, 0.2) is 22.8 Å². The third-order valence-electron chi connectivity index (χ3n) is 2.17. The number of amides is 1. The Kier molecular flexibility index (Phi) is 7.70. The van der Waals surface area contributed by atoms with Crippen molar-refractivity contribution in [2.45, 2.75) is 6.92 Å². The van der Waals surface area contributed by atoms with Crippen molar-refractivity contribution in [2.24, 2.45) is 5.73 Å². The molecular weight excluding hydrogens is 309 g/mol. The van der Waals surface area contributed by atoms with Crippen LogP contribution in [0.5, 0.6) is 0 Å². The fourth-order valence-corrected chi connectivity index (χ4v) is 2.26. The van der Waals surface area contributed by atoms with Crippen molar-refractivity contribution in [3.05, 3.63) is 29.0 Å². The molecule has 0 saturated heterocycles. The molecule has 0 aliphatic carbocycles. The van der Waals surface area contributed by atoms with Crippen molar-refractivity contribution in [2.75, 3.05) is 13.1 Å². The predicted molar refractivity (Wildman–Crippen MR) is 80.4 cm³/mol. The maximum atomic E-state index is 11.8. The zero-order chi connectivity index (χ0) is 12.3. The summed E-state index contributed by atoms with van der Waals surface area (Å²) in [6.07, 6.45) is 1.58. The SMILES string of the molecule is Cc1sc(-c2ccco2)nc1C(=O)NCCN.Cl.Cl. The highest BCUT2D eigenvalue weighted by Gasteiger charge is 2.16. The largest absolute Gasteiger partial charge is 0.462 e. The van der Waals surface area contributed by atoms with Gasteiger partial charge in [0.05, 0.1) is 6.26 Å². The number of aryl methyl sites for hydroxylation is 1. The minimum atomic E-state index is -0.193. The van der Waals surface area contributed by atoms with Crippen molar-refractivity contribution in [3.8, 4) is 10.8 Å². The number of nitrogens with two attached hydrogens (primary N) is 1. The lowest BCUT2D eigenvalue weighted by Gasteiger charge is -2.00. The van der Waals surface area contributed by atoms with E-state index in [2.05, 4.69) is 10.3 Å². The first-order valence-corrected chi connectivity index (χ1v) is 6.03. The van der Waals surface area contributed by atoms with E-state index < -0.39 is 0 Å². The number of furan rings is 1. The molecule has 106 valence electrons. The highest BCUT2D eigenvalue weighted by Crippen LogP contribution is 2.27. The lowest BCUT2D eigenvalue weighted by molar-refractivity contribution is 0.0950. The summed E-state index contributed by atoms with van der Waals surface area (Å²) in [7, 11) is 0. The summed E-state index contributed by atoms with van der Waals surface area (Å²) in [5.74, 6) is 0.484. The van der Waals surface area contributed by atoms with Crippen molar-refractivity contribution in [1.29, 1.82) is 0 Å². The Bertz CT molecular complexity index is 514. The van der Waals surface area contributed by atoms with E-state index in [-0.39, 0.29) is 30.7 Å². The number of hydrogen-bond acceptors (Lipinski definition) is 5. The first kappa shape index (κ1) is 17.9. The van der Waals surface area contributed by atoms with Gasteiger partial charge in [0.1, 0.15) is 5.69 Å². The molecule has 3 N–H and O–H groups in total. The lowest BCUT2D eigenvalue weighted by atomic mass is 10.3. The Balaban J connectivity index is 0.00000162. The van der Waals surface area contributed by atoms with Gasteiger partial charge >= 0.3 is 0 Å². The van der Waals surface area contributed by atoms with Gasteiger partial charge in [0.25, 0.3) is 5.91 Å². The van der Waals surface area contributed by atoms with E-state index in [0.717, 1.165) is 4.88 Å². The Morgan fingerprint density at radius 2 is 2.26 bits per heavy atom. The van der Waals surface area contributed by atoms with Crippen LogP contribution in [0.3, 0.4) is 0 Å². The number of nitrogens with one attached hydrogen (secondary N) is 1. The molecule has 0 radical (unpaired) electrons. The average Bonchev–Trinajstić information content (AvgIpc) is 2.94. The topological polar surface area (TPSA) is 81.2 Å². The molecule has 1 amide bonds. The first-order chi connectivity index (χ1) is 8.22. The fraction of sp³-hybridized carbons (Fsp3) is 0.273. The third-order valence-corrected chi connectivity index (χ3v) is 3.16. The van der Waals surface area contributed by atoms with Crippen LogP contribution in [0.2, 0.25) is 0 Å². The van der Waals surface area contributed by atoms with Crippen LogP contribution in [0.25, 0.3) is 10.8 Å². The Morgan fingerprint density at radius 1 is 1.53 bits per heavy atom. The molecule has 0 unspecified atom stereocenters. The van der Waals surface area contributed by atoms with Gasteiger partial charge in [0.2, 0.25) is 0 Å². The minimum absolute atomic E-state index is 0. The molecule has 0 fully saturated rings. The molecule has 0 aliphatic heterocycles. The summed E-state index contributed by atoms with van der Waals surface area (Å²) in [5.41, 5.74) is 5.77. The fourth-order valence-electron chi connectivity index (χ4n) is 1.38. The van der Waals surface area contributed by atoms with Crippen molar-refractivity contribution in [3.63, 3.8) is 0 Å². The molecule has 5 nitrogen and oxygen atoms in total. The van der Waals surface area contributed by atoms with E-state index in [1.807, 2.05) is 13.0 Å². The number of carbonyl (C=O) groups is 1. The molecule has 19 heavy (non-hydrogen) atoms. The van der Waals surface area contributed by atoms with Crippen LogP contribution >= 0.6 is 36.2 Å². The van der Waals surface area contributed by atoms with Gasteiger partial charge in [-0.25, -0.2) is 4.98 Å². The molecule has 2 heterocycles. The van der Waals surface area contributed by atoms with Crippen molar-refractivity contribution >= 4 is 42.1 Å². The lowest BCUT2D eigenvalue weighted by Crippen LogP contribution is -2.29. The number of nitrogens with zero attached hydrogens (tertiary/aromatic N) is 1. The molecule has 2 aromatic heterocycles. The van der Waals surface area contributed by atoms with Gasteiger partial charge in [-0.05, 0) is 19.1 Å². The van der Waals surface area contributed by atoms with Crippen LogP contribution in [0, 0.1) is 6.92 Å². The van der Waals surface area contributed by atoms with Gasteiger partial charge in [-0.1, -0.05) is 0 Å². The van der Waals surface area contributed by atoms with E-state index in [1.54, 1.807) is 12.3 Å². The van der Waals surface area contributed by atoms with Crippen LogP contribution < -0.4 is 11.1 Å². The van der Waals surface area contributed by atoms with Gasteiger partial charge in [-0.2, -0.15) is 0 Å². The molecule has 0 aliphatic rings. The molecule has 0 bridgehead atoms. The molecule has 2 aromatic rings. The summed E-state index contributed by atoms with van der Waals surface area (Å²) < 4.78 is 5.24. The second-order valence-corrected chi connectivity index (χ2v) is 4.65. The molecule has 0 spiro atoms. The summed E-state index contributed by atoms with van der Waals surface area (Å²) in [5, 5.41) is 3.41. The van der Waals surface area contributed by atoms with Gasteiger partial charge in [0, 0.05) is 18.0 Å². The van der Waals surface area contributed by atoms with Gasteiger partial charge in [-0.15, -0.1) is 36.2 Å². The minimum Gasteiger partial charge on any atom is -0.462 e. The van der Waals surface area contributed by atoms with Crippen LogP contribution in [-0.2, 0) is 0 Å². The Morgan fingerprint density at radius 3 is 2.84 bits per heavy atom. The maximum Gasteiger partial charge on any atom is 0.271 e. The zero-order valence-corrected chi connectivity index (χ0v) is 12.7. The molecule has 0 aromatic carbocycles. The number of thiazole rings is 1. The van der Waals surface area contributed by atoms with Crippen molar-refractivity contribution in [1.82, 2.24) is 10.3 Å². The summed E-state index contributed by atoms with van der Waals surface area (Å²) in [6.45, 7) is 2.73. The van der Waals surface area contributed by atoms with Gasteiger partial charge in [-0.3, -0.25) is 4.79 Å². The smallest absolute Gasteiger partial charge is 0.271 e. The first-order valence-electron chi connectivity index (χ1n) is 5.22. The number of rotatable bonds is 4. The number of hydrogen-bond donors (Lipinski definition) is 2. The quantitative estimate of drug-likeness (QED) is 0.904. The molecule has 2 rings (SSSR count). The Labute approximate surface area is 127 Å². The summed E-state index contributed by atoms with van der Waals surface area (Å²) in [6, 6.07) is 3.61. The normalized spacial score (nSPS) is 9.37. The van der Waals surface area contributed by atoms with Gasteiger partial charge < -0.3 is 15.5 Å². The predicted octanol–water partition coefficient (Wildman–Crippen LogP) is 2.24. The number of carbonyl (C=O) groups excluding carboxylic acids is 1. The second kappa shape index (κ2) is 8.16. The highest BCUT2D eigenvalue weighted by atomic mass is 35.5. The number of halogens is 2. The van der Waals surface area contributed by atoms with Crippen LogP contribution in [-0.4, -0.2) is 24.0 Å². The monoisotopic (exact) mass is 323 g/mol. The highest BCUT2D eigenvalue weighted by molar-refractivity contribution is 7.15. The van der Waals surface area contributed by atoms with E-state index >= 15 is 0 Å². The summed E-state index contributed by atoms with van der Waals surface area (Å²) in [4.78, 5) is 16.9. The van der Waals surface area contributed by atoms with E-state index in [0.29, 0.717) is 29.6 Å². The van der Waals surface area contributed by atoms with Crippen LogP contribution in [0.1, 0.15) is 15.4 Å². The molecule has 8 heteroatoms. The summed E-state index contributed by atoms with van der Waals surface area (Å²) >= 11 is 1.44. The van der Waals surface area contributed by atoms with Gasteiger partial charge in [0.15, 0.2) is 10.8 Å². The number of aromatic nitrogens is 1. The molecule has 0 saturated carbocycles.